The molecule has 0 bridgehead atoms. The van der Waals surface area contributed by atoms with Gasteiger partial charge >= 0.3 is 0 Å². The van der Waals surface area contributed by atoms with E-state index < -0.39 is 0 Å². The fraction of sp³-hybridized carbons (Fsp3) is 0.333. The third kappa shape index (κ3) is 3.47. The van der Waals surface area contributed by atoms with E-state index in [1.807, 2.05) is 43.3 Å². The predicted octanol–water partition coefficient (Wildman–Crippen LogP) is 4.10. The second-order valence-electron chi connectivity index (χ2n) is 6.43. The van der Waals surface area contributed by atoms with Crippen molar-refractivity contribution in [2.45, 2.75) is 26.3 Å². The molecule has 0 radical (unpaired) electrons. The van der Waals surface area contributed by atoms with Crippen molar-refractivity contribution >= 4 is 5.69 Å². The summed E-state index contributed by atoms with van der Waals surface area (Å²) in [7, 11) is 1.71. The lowest BCUT2D eigenvalue weighted by Gasteiger charge is -2.31. The van der Waals surface area contributed by atoms with Crippen LogP contribution < -0.4 is 14.4 Å². The molecule has 1 aliphatic rings. The maximum Gasteiger partial charge on any atom is 0.246 e. The molecule has 0 aliphatic carbocycles. The third-order valence-corrected chi connectivity index (χ3v) is 4.71. The van der Waals surface area contributed by atoms with Crippen LogP contribution in [0, 0.1) is 0 Å². The fourth-order valence-corrected chi connectivity index (χ4v) is 3.55. The van der Waals surface area contributed by atoms with Crippen molar-refractivity contribution in [2.24, 2.45) is 0 Å². The highest BCUT2D eigenvalue weighted by Crippen LogP contribution is 2.37. The molecule has 140 valence electrons. The van der Waals surface area contributed by atoms with Gasteiger partial charge in [0.25, 0.3) is 0 Å². The molecule has 0 amide bonds. The normalized spacial score (nSPS) is 13.3. The van der Waals surface area contributed by atoms with E-state index in [2.05, 4.69) is 21.1 Å². The molecule has 0 unspecified atom stereocenters. The molecule has 0 N–H and O–H groups in total. The molecule has 6 nitrogen and oxygen atoms in total. The summed E-state index contributed by atoms with van der Waals surface area (Å²) in [6.07, 6.45) is 2.15. The number of ether oxygens (including phenoxy) is 2. The van der Waals surface area contributed by atoms with Crippen molar-refractivity contribution in [1.82, 2.24) is 10.1 Å². The standard InChI is InChI=1S/C21H23N3O3/c1-3-26-17-11-5-4-10-16(17)21-22-19(27-23-21)14-24-13-7-9-15-8-6-12-18(25-2)20(15)24/h4-6,8,10-12H,3,7,9,13-14H2,1-2H3. The summed E-state index contributed by atoms with van der Waals surface area (Å²) in [4.78, 5) is 6.86. The van der Waals surface area contributed by atoms with Gasteiger partial charge in [-0.15, -0.1) is 0 Å². The monoisotopic (exact) mass is 365 g/mol. The summed E-state index contributed by atoms with van der Waals surface area (Å²) in [5.74, 6) is 2.77. The topological polar surface area (TPSA) is 60.6 Å². The number of hydrogen-bond acceptors (Lipinski definition) is 6. The van der Waals surface area contributed by atoms with Crippen molar-refractivity contribution < 1.29 is 14.0 Å². The highest BCUT2D eigenvalue weighted by atomic mass is 16.5. The quantitative estimate of drug-likeness (QED) is 0.655. The summed E-state index contributed by atoms with van der Waals surface area (Å²) in [5.41, 5.74) is 3.26. The molecule has 3 aromatic rings. The Balaban J connectivity index is 1.60. The molecule has 2 aromatic carbocycles. The lowest BCUT2D eigenvalue weighted by atomic mass is 10.0. The zero-order valence-electron chi connectivity index (χ0n) is 15.6. The molecule has 4 rings (SSSR count). The van der Waals surface area contributed by atoms with E-state index in [4.69, 9.17) is 14.0 Å². The van der Waals surface area contributed by atoms with Crippen LogP contribution in [0.25, 0.3) is 11.4 Å². The Bertz CT molecular complexity index is 908. The van der Waals surface area contributed by atoms with Gasteiger partial charge < -0.3 is 18.9 Å². The lowest BCUT2D eigenvalue weighted by Crippen LogP contribution is -2.29. The van der Waals surface area contributed by atoms with Crippen LogP contribution in [0.4, 0.5) is 5.69 Å². The van der Waals surface area contributed by atoms with Crippen LogP contribution in [-0.2, 0) is 13.0 Å². The van der Waals surface area contributed by atoms with Crippen LogP contribution in [0.5, 0.6) is 11.5 Å². The van der Waals surface area contributed by atoms with E-state index in [-0.39, 0.29) is 0 Å². The Morgan fingerprint density at radius 2 is 1.96 bits per heavy atom. The van der Waals surface area contributed by atoms with Gasteiger partial charge in [-0.05, 0) is 43.5 Å². The van der Waals surface area contributed by atoms with Gasteiger partial charge in [0, 0.05) is 6.54 Å². The van der Waals surface area contributed by atoms with Crippen LogP contribution in [0.1, 0.15) is 24.8 Å². The van der Waals surface area contributed by atoms with E-state index in [1.54, 1.807) is 7.11 Å². The number of benzene rings is 2. The number of para-hydroxylation sites is 2. The number of aromatic nitrogens is 2. The first-order valence-electron chi connectivity index (χ1n) is 9.25. The van der Waals surface area contributed by atoms with E-state index >= 15 is 0 Å². The maximum atomic E-state index is 5.68. The summed E-state index contributed by atoms with van der Waals surface area (Å²) >= 11 is 0. The first-order chi connectivity index (χ1) is 13.3. The largest absolute Gasteiger partial charge is 0.495 e. The molecule has 2 heterocycles. The van der Waals surface area contributed by atoms with Crippen molar-refractivity contribution in [2.75, 3.05) is 25.2 Å². The van der Waals surface area contributed by atoms with Gasteiger partial charge in [-0.1, -0.05) is 29.4 Å². The van der Waals surface area contributed by atoms with E-state index in [1.165, 1.54) is 5.56 Å². The number of anilines is 1. The Morgan fingerprint density at radius 3 is 2.81 bits per heavy atom. The molecular weight excluding hydrogens is 342 g/mol. The van der Waals surface area contributed by atoms with Gasteiger partial charge in [-0.3, -0.25) is 0 Å². The number of hydrogen-bond donors (Lipinski definition) is 0. The smallest absolute Gasteiger partial charge is 0.246 e. The number of nitrogens with zero attached hydrogens (tertiary/aromatic N) is 3. The molecule has 1 aliphatic heterocycles. The first-order valence-corrected chi connectivity index (χ1v) is 9.25. The minimum absolute atomic E-state index is 0.548. The van der Waals surface area contributed by atoms with Crippen molar-refractivity contribution in [1.29, 1.82) is 0 Å². The Morgan fingerprint density at radius 1 is 1.11 bits per heavy atom. The second-order valence-corrected chi connectivity index (χ2v) is 6.43. The number of aryl methyl sites for hydroxylation is 1. The van der Waals surface area contributed by atoms with Gasteiger partial charge in [0.2, 0.25) is 11.7 Å². The molecule has 6 heteroatoms. The SMILES string of the molecule is CCOc1ccccc1-c1noc(CN2CCCc3cccc(OC)c32)n1. The summed E-state index contributed by atoms with van der Waals surface area (Å²) in [6.45, 7) is 4.03. The van der Waals surface area contributed by atoms with Crippen LogP contribution in [-0.4, -0.2) is 30.4 Å². The van der Waals surface area contributed by atoms with E-state index in [0.717, 1.165) is 42.1 Å². The molecule has 0 saturated heterocycles. The highest BCUT2D eigenvalue weighted by Gasteiger charge is 2.23. The second kappa shape index (κ2) is 7.70. The van der Waals surface area contributed by atoms with Gasteiger partial charge in [0.1, 0.15) is 11.5 Å². The average Bonchev–Trinajstić information content (AvgIpc) is 3.16. The number of methoxy groups -OCH3 is 1. The molecular formula is C21H23N3O3. The van der Waals surface area contributed by atoms with Gasteiger partial charge in [-0.2, -0.15) is 4.98 Å². The lowest BCUT2D eigenvalue weighted by molar-refractivity contribution is 0.340. The molecule has 27 heavy (non-hydrogen) atoms. The Kier molecular flexibility index (Phi) is 4.96. The van der Waals surface area contributed by atoms with Crippen LogP contribution in [0.15, 0.2) is 47.0 Å². The van der Waals surface area contributed by atoms with E-state index in [0.29, 0.717) is 24.9 Å². The molecule has 0 saturated carbocycles. The summed E-state index contributed by atoms with van der Waals surface area (Å²) < 4.78 is 16.8. The average molecular weight is 365 g/mol. The molecule has 0 spiro atoms. The van der Waals surface area contributed by atoms with Gasteiger partial charge in [0.05, 0.1) is 31.5 Å². The van der Waals surface area contributed by atoms with Crippen molar-refractivity contribution in [3.05, 3.63) is 53.9 Å². The molecule has 0 atom stereocenters. The minimum Gasteiger partial charge on any atom is -0.495 e. The highest BCUT2D eigenvalue weighted by molar-refractivity contribution is 5.66. The first kappa shape index (κ1) is 17.4. The van der Waals surface area contributed by atoms with Crippen LogP contribution in [0.2, 0.25) is 0 Å². The Hall–Kier alpha value is -3.02. The zero-order chi connectivity index (χ0) is 18.6. The van der Waals surface area contributed by atoms with Gasteiger partial charge in [-0.25, -0.2) is 0 Å². The third-order valence-electron chi connectivity index (χ3n) is 4.71. The van der Waals surface area contributed by atoms with E-state index in [9.17, 15) is 0 Å². The van der Waals surface area contributed by atoms with Crippen molar-refractivity contribution in [3.8, 4) is 22.9 Å². The van der Waals surface area contributed by atoms with Gasteiger partial charge in [0.15, 0.2) is 0 Å². The number of fused-ring (bicyclic) bond motifs is 1. The summed E-state index contributed by atoms with van der Waals surface area (Å²) in [5, 5.41) is 4.17. The fourth-order valence-electron chi connectivity index (χ4n) is 3.55. The number of rotatable bonds is 6. The van der Waals surface area contributed by atoms with Crippen molar-refractivity contribution in [3.63, 3.8) is 0 Å². The Labute approximate surface area is 158 Å². The minimum atomic E-state index is 0.548. The molecule has 0 fully saturated rings. The molecule has 1 aromatic heterocycles. The summed E-state index contributed by atoms with van der Waals surface area (Å²) in [6, 6.07) is 13.9. The predicted molar refractivity (Wildman–Crippen MR) is 103 cm³/mol. The van der Waals surface area contributed by atoms with Crippen LogP contribution >= 0.6 is 0 Å². The zero-order valence-corrected chi connectivity index (χ0v) is 15.6. The maximum absolute atomic E-state index is 5.68. The van der Waals surface area contributed by atoms with Crippen LogP contribution in [0.3, 0.4) is 0 Å².